The molecule has 0 spiro atoms. The van der Waals surface area contributed by atoms with Crippen LogP contribution in [-0.4, -0.2) is 19.8 Å². The van der Waals surface area contributed by atoms with Crippen LogP contribution in [-0.2, 0) is 4.74 Å². The van der Waals surface area contributed by atoms with Crippen LogP contribution >= 0.6 is 0 Å². The summed E-state index contributed by atoms with van der Waals surface area (Å²) in [6, 6.07) is 4.86. The lowest BCUT2D eigenvalue weighted by atomic mass is 9.94. The summed E-state index contributed by atoms with van der Waals surface area (Å²) in [6.07, 6.45) is 3.48. The Balaban J connectivity index is 2.81. The number of benzene rings is 1. The molecule has 0 amide bonds. The third-order valence-electron chi connectivity index (χ3n) is 3.65. The van der Waals surface area contributed by atoms with Crippen LogP contribution < -0.4 is 5.32 Å². The minimum Gasteiger partial charge on any atom is -0.379 e. The van der Waals surface area contributed by atoms with Gasteiger partial charge in [0.15, 0.2) is 0 Å². The third-order valence-corrected chi connectivity index (χ3v) is 3.65. The Kier molecular flexibility index (Phi) is 7.86. The van der Waals surface area contributed by atoms with Gasteiger partial charge in [0.25, 0.3) is 0 Å². The molecular weight excluding hydrogens is 246 g/mol. The highest BCUT2D eigenvalue weighted by Crippen LogP contribution is 2.24. The summed E-state index contributed by atoms with van der Waals surface area (Å²) in [4.78, 5) is 0. The van der Waals surface area contributed by atoms with E-state index < -0.39 is 0 Å². The first-order valence-corrected chi connectivity index (χ1v) is 7.99. The van der Waals surface area contributed by atoms with Crippen LogP contribution in [0.3, 0.4) is 0 Å². The van der Waals surface area contributed by atoms with Crippen LogP contribution in [0.2, 0.25) is 0 Å². The molecule has 0 radical (unpaired) electrons. The minimum atomic E-state index is 0.312. The van der Waals surface area contributed by atoms with Gasteiger partial charge in [0.2, 0.25) is 0 Å². The topological polar surface area (TPSA) is 21.3 Å². The summed E-state index contributed by atoms with van der Waals surface area (Å²) >= 11 is 0. The summed E-state index contributed by atoms with van der Waals surface area (Å²) in [7, 11) is 0. The molecule has 1 unspecified atom stereocenters. The minimum absolute atomic E-state index is 0.312. The Bertz CT molecular complexity index is 377. The Morgan fingerprint density at radius 3 is 2.25 bits per heavy atom. The standard InChI is InChI=1S/C18H31NO/c1-6-8-10-20-13-17(19-9-7-2)18-15(4)11-14(3)12-16(18)5/h11-12,17,19H,6-10,13H2,1-5H3. The predicted molar refractivity (Wildman–Crippen MR) is 87.4 cm³/mol. The summed E-state index contributed by atoms with van der Waals surface area (Å²) < 4.78 is 5.87. The molecule has 1 N–H and O–H groups in total. The lowest BCUT2D eigenvalue weighted by molar-refractivity contribution is 0.108. The van der Waals surface area contributed by atoms with Gasteiger partial charge >= 0.3 is 0 Å². The van der Waals surface area contributed by atoms with Gasteiger partial charge < -0.3 is 10.1 Å². The molecule has 0 saturated carbocycles. The van der Waals surface area contributed by atoms with Crippen molar-refractivity contribution in [3.05, 3.63) is 34.4 Å². The van der Waals surface area contributed by atoms with Gasteiger partial charge in [-0.05, 0) is 56.8 Å². The van der Waals surface area contributed by atoms with E-state index in [9.17, 15) is 0 Å². The van der Waals surface area contributed by atoms with Crippen molar-refractivity contribution in [3.8, 4) is 0 Å². The Morgan fingerprint density at radius 1 is 1.05 bits per heavy atom. The van der Waals surface area contributed by atoms with Crippen LogP contribution in [0.4, 0.5) is 0 Å². The fraction of sp³-hybridized carbons (Fsp3) is 0.667. The maximum absolute atomic E-state index is 5.87. The van der Waals surface area contributed by atoms with E-state index in [-0.39, 0.29) is 0 Å². The lowest BCUT2D eigenvalue weighted by Gasteiger charge is -2.23. The van der Waals surface area contributed by atoms with Crippen molar-refractivity contribution in [2.45, 2.75) is 59.9 Å². The van der Waals surface area contributed by atoms with Crippen LogP contribution in [0.25, 0.3) is 0 Å². The third kappa shape index (κ3) is 5.26. The molecule has 0 aromatic heterocycles. The van der Waals surface area contributed by atoms with Crippen LogP contribution in [0.15, 0.2) is 12.1 Å². The van der Waals surface area contributed by atoms with E-state index >= 15 is 0 Å². The first kappa shape index (κ1) is 17.2. The van der Waals surface area contributed by atoms with Crippen molar-refractivity contribution >= 4 is 0 Å². The van der Waals surface area contributed by atoms with Gasteiger partial charge in [0.1, 0.15) is 0 Å². The molecule has 20 heavy (non-hydrogen) atoms. The number of aryl methyl sites for hydroxylation is 3. The zero-order chi connectivity index (χ0) is 15.0. The van der Waals surface area contributed by atoms with E-state index in [0.29, 0.717) is 6.04 Å². The Labute approximate surface area is 124 Å². The van der Waals surface area contributed by atoms with Crippen LogP contribution in [0.5, 0.6) is 0 Å². The van der Waals surface area contributed by atoms with Gasteiger partial charge in [0, 0.05) is 6.61 Å². The molecule has 0 aliphatic heterocycles. The fourth-order valence-corrected chi connectivity index (χ4v) is 2.75. The van der Waals surface area contributed by atoms with Crippen molar-refractivity contribution in [3.63, 3.8) is 0 Å². The van der Waals surface area contributed by atoms with E-state index in [1.165, 1.54) is 28.7 Å². The van der Waals surface area contributed by atoms with Gasteiger partial charge in [-0.3, -0.25) is 0 Å². The summed E-state index contributed by atoms with van der Waals surface area (Å²) in [5.74, 6) is 0. The maximum Gasteiger partial charge on any atom is 0.0661 e. The number of hydrogen-bond acceptors (Lipinski definition) is 2. The van der Waals surface area contributed by atoms with Crippen LogP contribution in [0, 0.1) is 20.8 Å². The Hall–Kier alpha value is -0.860. The first-order valence-electron chi connectivity index (χ1n) is 7.99. The van der Waals surface area contributed by atoms with Gasteiger partial charge in [0.05, 0.1) is 12.6 Å². The summed E-state index contributed by atoms with van der Waals surface area (Å²) in [5.41, 5.74) is 5.50. The molecule has 1 aromatic carbocycles. The average molecular weight is 277 g/mol. The summed E-state index contributed by atoms with van der Waals surface area (Å²) in [5, 5.41) is 3.64. The van der Waals surface area contributed by atoms with Crippen molar-refractivity contribution in [1.29, 1.82) is 0 Å². The molecule has 1 atom stereocenters. The molecule has 0 saturated heterocycles. The van der Waals surface area contributed by atoms with E-state index in [1.807, 2.05) is 0 Å². The highest BCUT2D eigenvalue weighted by atomic mass is 16.5. The molecule has 0 heterocycles. The van der Waals surface area contributed by atoms with Crippen molar-refractivity contribution in [2.75, 3.05) is 19.8 Å². The predicted octanol–water partition coefficient (Wildman–Crippen LogP) is 4.47. The highest BCUT2D eigenvalue weighted by molar-refractivity contribution is 5.39. The molecule has 1 aromatic rings. The SMILES string of the molecule is CCCCOCC(NCCC)c1c(C)cc(C)cc1C. The number of hydrogen-bond donors (Lipinski definition) is 1. The summed E-state index contributed by atoms with van der Waals surface area (Å²) in [6.45, 7) is 13.7. The molecule has 0 fully saturated rings. The lowest BCUT2D eigenvalue weighted by Crippen LogP contribution is -2.28. The molecule has 0 bridgehead atoms. The van der Waals surface area contributed by atoms with Gasteiger partial charge in [-0.15, -0.1) is 0 Å². The van der Waals surface area contributed by atoms with Crippen molar-refractivity contribution in [2.24, 2.45) is 0 Å². The van der Waals surface area contributed by atoms with E-state index in [4.69, 9.17) is 4.74 Å². The largest absolute Gasteiger partial charge is 0.379 e. The van der Waals surface area contributed by atoms with Crippen molar-refractivity contribution < 1.29 is 4.74 Å². The molecule has 2 heteroatoms. The smallest absolute Gasteiger partial charge is 0.0661 e. The van der Waals surface area contributed by atoms with Gasteiger partial charge in [-0.25, -0.2) is 0 Å². The molecule has 0 aliphatic rings. The normalized spacial score (nSPS) is 12.7. The number of ether oxygens (including phenoxy) is 1. The number of unbranched alkanes of at least 4 members (excludes halogenated alkanes) is 1. The first-order chi connectivity index (χ1) is 9.60. The van der Waals surface area contributed by atoms with Crippen molar-refractivity contribution in [1.82, 2.24) is 5.32 Å². The molecule has 0 aliphatic carbocycles. The highest BCUT2D eigenvalue weighted by Gasteiger charge is 2.16. The average Bonchev–Trinajstić information content (AvgIpc) is 2.38. The quantitative estimate of drug-likeness (QED) is 0.672. The zero-order valence-electron chi connectivity index (χ0n) is 13.9. The second-order valence-electron chi connectivity index (χ2n) is 5.75. The molecule has 2 nitrogen and oxygen atoms in total. The van der Waals surface area contributed by atoms with E-state index in [0.717, 1.165) is 32.6 Å². The number of nitrogens with one attached hydrogen (secondary N) is 1. The van der Waals surface area contributed by atoms with Gasteiger partial charge in [-0.1, -0.05) is 38.0 Å². The fourth-order valence-electron chi connectivity index (χ4n) is 2.75. The second kappa shape index (κ2) is 9.15. The van der Waals surface area contributed by atoms with E-state index in [2.05, 4.69) is 52.1 Å². The molecule has 114 valence electrons. The zero-order valence-corrected chi connectivity index (χ0v) is 13.9. The van der Waals surface area contributed by atoms with E-state index in [1.54, 1.807) is 0 Å². The van der Waals surface area contributed by atoms with Gasteiger partial charge in [-0.2, -0.15) is 0 Å². The second-order valence-corrected chi connectivity index (χ2v) is 5.75. The molecule has 1 rings (SSSR count). The van der Waals surface area contributed by atoms with Crippen LogP contribution in [0.1, 0.15) is 61.4 Å². The Morgan fingerprint density at radius 2 is 1.70 bits per heavy atom. The number of rotatable bonds is 9. The monoisotopic (exact) mass is 277 g/mol. The maximum atomic E-state index is 5.87. The molecular formula is C18H31NO.